The fraction of sp³-hybridized carbons (Fsp3) is 0.250. The lowest BCUT2D eigenvalue weighted by molar-refractivity contribution is 0.195. The zero-order chi connectivity index (χ0) is 12.3. The maximum absolute atomic E-state index is 10.0. The van der Waals surface area contributed by atoms with Gasteiger partial charge in [-0.2, -0.15) is 0 Å². The third-order valence-electron chi connectivity index (χ3n) is 2.40. The lowest BCUT2D eigenvalue weighted by Crippen LogP contribution is -2.05. The maximum atomic E-state index is 10.0. The van der Waals surface area contributed by atoms with Gasteiger partial charge in [-0.3, -0.25) is 0 Å². The molecule has 90 valence electrons. The Balaban J connectivity index is 1.97. The molecule has 2 rings (SSSR count). The molecule has 0 spiro atoms. The van der Waals surface area contributed by atoms with Crippen molar-refractivity contribution in [1.82, 2.24) is 9.55 Å². The molecule has 1 N–H and O–H groups in total. The summed E-state index contributed by atoms with van der Waals surface area (Å²) in [6, 6.07) is 7.61. The number of aromatic nitrogens is 2. The number of halogens is 1. The van der Waals surface area contributed by atoms with Crippen molar-refractivity contribution >= 4 is 23.4 Å². The molecule has 0 saturated carbocycles. The zero-order valence-corrected chi connectivity index (χ0v) is 10.9. The summed E-state index contributed by atoms with van der Waals surface area (Å²) < 4.78 is 1.82. The van der Waals surface area contributed by atoms with Crippen molar-refractivity contribution in [2.24, 2.45) is 7.05 Å². The predicted octanol–water partition coefficient (Wildman–Crippen LogP) is 2.90. The first-order valence-corrected chi connectivity index (χ1v) is 6.56. The minimum absolute atomic E-state index is 0.522. The normalized spacial score (nSPS) is 12.6. The summed E-state index contributed by atoms with van der Waals surface area (Å²) in [5, 5.41) is 10.7. The molecule has 1 aromatic carbocycles. The second kappa shape index (κ2) is 5.58. The summed E-state index contributed by atoms with van der Waals surface area (Å²) in [4.78, 5) is 5.04. The number of nitrogens with zero attached hydrogens (tertiary/aromatic N) is 2. The molecule has 5 heteroatoms. The highest BCUT2D eigenvalue weighted by molar-refractivity contribution is 7.99. The highest BCUT2D eigenvalue weighted by Crippen LogP contribution is 2.26. The van der Waals surface area contributed by atoms with Crippen LogP contribution in [0.2, 0.25) is 5.02 Å². The van der Waals surface area contributed by atoms with Crippen LogP contribution in [0.15, 0.2) is 41.7 Å². The molecule has 0 amide bonds. The number of aliphatic hydroxyl groups excluding tert-OH is 1. The van der Waals surface area contributed by atoms with Gasteiger partial charge in [-0.1, -0.05) is 17.7 Å². The first kappa shape index (κ1) is 12.5. The molecule has 2 aromatic rings. The summed E-state index contributed by atoms with van der Waals surface area (Å²) in [7, 11) is 1.87. The number of benzene rings is 1. The van der Waals surface area contributed by atoms with Crippen LogP contribution in [0, 0.1) is 0 Å². The van der Waals surface area contributed by atoms with E-state index in [0.717, 1.165) is 10.6 Å². The third-order valence-corrected chi connectivity index (χ3v) is 3.70. The molecule has 0 saturated heterocycles. The van der Waals surface area contributed by atoms with Crippen LogP contribution in [-0.4, -0.2) is 20.4 Å². The van der Waals surface area contributed by atoms with Gasteiger partial charge in [-0.25, -0.2) is 4.98 Å². The predicted molar refractivity (Wildman–Crippen MR) is 70.3 cm³/mol. The summed E-state index contributed by atoms with van der Waals surface area (Å²) in [5.41, 5.74) is 0.819. The third kappa shape index (κ3) is 3.25. The average molecular weight is 269 g/mol. The van der Waals surface area contributed by atoms with Crippen LogP contribution in [0.5, 0.6) is 0 Å². The van der Waals surface area contributed by atoms with E-state index in [1.807, 2.05) is 35.9 Å². The van der Waals surface area contributed by atoms with Crippen LogP contribution in [0.4, 0.5) is 0 Å². The van der Waals surface area contributed by atoms with E-state index in [4.69, 9.17) is 11.6 Å². The first-order chi connectivity index (χ1) is 8.16. The highest BCUT2D eigenvalue weighted by atomic mass is 35.5. The topological polar surface area (TPSA) is 38.0 Å². The zero-order valence-electron chi connectivity index (χ0n) is 9.38. The van der Waals surface area contributed by atoms with Crippen LogP contribution >= 0.6 is 23.4 Å². The van der Waals surface area contributed by atoms with E-state index in [1.54, 1.807) is 24.3 Å². The number of imidazole rings is 1. The van der Waals surface area contributed by atoms with Crippen molar-refractivity contribution in [2.75, 3.05) is 5.75 Å². The molecule has 0 aliphatic rings. The highest BCUT2D eigenvalue weighted by Gasteiger charge is 2.11. The molecular weight excluding hydrogens is 256 g/mol. The molecule has 1 aromatic heterocycles. The number of aryl methyl sites for hydroxylation is 1. The van der Waals surface area contributed by atoms with Crippen molar-refractivity contribution in [3.63, 3.8) is 0 Å². The first-order valence-electron chi connectivity index (χ1n) is 5.19. The summed E-state index contributed by atoms with van der Waals surface area (Å²) >= 11 is 7.47. The summed E-state index contributed by atoms with van der Waals surface area (Å²) in [6.07, 6.45) is 2.85. The van der Waals surface area contributed by atoms with Gasteiger partial charge in [0.1, 0.15) is 6.10 Å². The molecule has 0 radical (unpaired) electrons. The van der Waals surface area contributed by atoms with Gasteiger partial charge >= 0.3 is 0 Å². The average Bonchev–Trinajstić information content (AvgIpc) is 2.72. The fourth-order valence-electron chi connectivity index (χ4n) is 1.51. The van der Waals surface area contributed by atoms with Gasteiger partial charge in [0.25, 0.3) is 0 Å². The van der Waals surface area contributed by atoms with Crippen molar-refractivity contribution in [2.45, 2.75) is 11.0 Å². The smallest absolute Gasteiger partial charge is 0.105 e. The lowest BCUT2D eigenvalue weighted by Gasteiger charge is -2.10. The van der Waals surface area contributed by atoms with Crippen molar-refractivity contribution in [3.8, 4) is 0 Å². The molecule has 1 unspecified atom stereocenters. The molecule has 1 atom stereocenters. The molecule has 1 heterocycles. The molecule has 17 heavy (non-hydrogen) atoms. The van der Waals surface area contributed by atoms with Crippen LogP contribution in [-0.2, 0) is 7.05 Å². The van der Waals surface area contributed by atoms with E-state index in [-0.39, 0.29) is 0 Å². The van der Waals surface area contributed by atoms with Gasteiger partial charge in [0, 0.05) is 22.7 Å². The van der Waals surface area contributed by atoms with Gasteiger partial charge in [0.2, 0.25) is 0 Å². The maximum Gasteiger partial charge on any atom is 0.105 e. The molecule has 0 aliphatic heterocycles. The number of hydrogen-bond acceptors (Lipinski definition) is 3. The second-order valence-electron chi connectivity index (χ2n) is 3.71. The van der Waals surface area contributed by atoms with Crippen molar-refractivity contribution in [1.29, 1.82) is 0 Å². The molecule has 3 nitrogen and oxygen atoms in total. The number of hydrogen-bond donors (Lipinski definition) is 1. The minimum atomic E-state index is -0.522. The SMILES string of the molecule is Cn1cncc1C(O)CSc1cccc(Cl)c1. The molecule has 0 bridgehead atoms. The molecule has 0 aliphatic carbocycles. The van der Waals surface area contributed by atoms with E-state index in [9.17, 15) is 5.11 Å². The number of rotatable bonds is 4. The van der Waals surface area contributed by atoms with Gasteiger partial charge in [-0.15, -0.1) is 11.8 Å². The Kier molecular flexibility index (Phi) is 4.10. The Morgan fingerprint density at radius 1 is 1.53 bits per heavy atom. The van der Waals surface area contributed by atoms with Crippen LogP contribution in [0.25, 0.3) is 0 Å². The number of thioether (sulfide) groups is 1. The van der Waals surface area contributed by atoms with E-state index >= 15 is 0 Å². The van der Waals surface area contributed by atoms with Crippen molar-refractivity contribution < 1.29 is 5.11 Å². The van der Waals surface area contributed by atoms with E-state index in [1.165, 1.54) is 0 Å². The monoisotopic (exact) mass is 268 g/mol. The Bertz CT molecular complexity index is 501. The number of aliphatic hydroxyl groups is 1. The minimum Gasteiger partial charge on any atom is -0.386 e. The largest absolute Gasteiger partial charge is 0.386 e. The van der Waals surface area contributed by atoms with E-state index in [0.29, 0.717) is 10.8 Å². The van der Waals surface area contributed by atoms with Gasteiger partial charge in [0.05, 0.1) is 18.2 Å². The Morgan fingerprint density at radius 3 is 3.00 bits per heavy atom. The van der Waals surface area contributed by atoms with Gasteiger partial charge in [0.15, 0.2) is 0 Å². The standard InChI is InChI=1S/C12H13ClN2OS/c1-15-8-14-6-11(15)12(16)7-17-10-4-2-3-9(13)5-10/h2-6,8,12,16H,7H2,1H3. The van der Waals surface area contributed by atoms with E-state index < -0.39 is 6.10 Å². The Labute approximate surface area is 109 Å². The summed E-state index contributed by atoms with van der Waals surface area (Å²) in [5.74, 6) is 0.583. The second-order valence-corrected chi connectivity index (χ2v) is 5.24. The van der Waals surface area contributed by atoms with Crippen LogP contribution < -0.4 is 0 Å². The van der Waals surface area contributed by atoms with Gasteiger partial charge in [-0.05, 0) is 18.2 Å². The Morgan fingerprint density at radius 2 is 2.35 bits per heavy atom. The van der Waals surface area contributed by atoms with E-state index in [2.05, 4.69) is 4.98 Å². The fourth-order valence-corrected chi connectivity index (χ4v) is 2.67. The molecule has 0 fully saturated rings. The summed E-state index contributed by atoms with van der Waals surface area (Å²) in [6.45, 7) is 0. The van der Waals surface area contributed by atoms with Crippen LogP contribution in [0.1, 0.15) is 11.8 Å². The quantitative estimate of drug-likeness (QED) is 0.867. The Hall–Kier alpha value is -0.970. The molecular formula is C12H13ClN2OS. The van der Waals surface area contributed by atoms with Gasteiger partial charge < -0.3 is 9.67 Å². The van der Waals surface area contributed by atoms with Crippen molar-refractivity contribution in [3.05, 3.63) is 47.5 Å². The lowest BCUT2D eigenvalue weighted by atomic mass is 10.3. The van der Waals surface area contributed by atoms with Crippen LogP contribution in [0.3, 0.4) is 0 Å².